The van der Waals surface area contributed by atoms with Crippen LogP contribution in [0.25, 0.3) is 0 Å². The van der Waals surface area contributed by atoms with Crippen LogP contribution in [-0.2, 0) is 0 Å². The molecule has 0 aliphatic rings. The summed E-state index contributed by atoms with van der Waals surface area (Å²) < 4.78 is 5.39. The fourth-order valence-electron chi connectivity index (χ4n) is 1.71. The van der Waals surface area contributed by atoms with Gasteiger partial charge in [-0.25, -0.2) is 10.2 Å². The lowest BCUT2D eigenvalue weighted by molar-refractivity contribution is 0.252. The number of urea groups is 1. The molecule has 6 heteroatoms. The molecule has 22 heavy (non-hydrogen) atoms. The van der Waals surface area contributed by atoms with Gasteiger partial charge >= 0.3 is 6.03 Å². The van der Waals surface area contributed by atoms with Crippen LogP contribution in [0.15, 0.2) is 53.6 Å². The molecule has 2 rings (SSSR count). The van der Waals surface area contributed by atoms with Gasteiger partial charge in [0.1, 0.15) is 5.75 Å². The number of anilines is 1. The molecule has 0 aliphatic heterocycles. The zero-order chi connectivity index (χ0) is 15.8. The summed E-state index contributed by atoms with van der Waals surface area (Å²) in [6.45, 7) is 2.52. The van der Waals surface area contributed by atoms with E-state index in [2.05, 4.69) is 15.8 Å². The molecule has 2 aromatic carbocycles. The lowest BCUT2D eigenvalue weighted by atomic mass is 10.2. The Kier molecular flexibility index (Phi) is 5.80. The molecule has 2 amide bonds. The van der Waals surface area contributed by atoms with Crippen molar-refractivity contribution in [2.24, 2.45) is 5.10 Å². The molecule has 0 aliphatic carbocycles. The average Bonchev–Trinajstić information content (AvgIpc) is 2.50. The van der Waals surface area contributed by atoms with Gasteiger partial charge in [-0.2, -0.15) is 5.10 Å². The summed E-state index contributed by atoms with van der Waals surface area (Å²) >= 11 is 5.77. The van der Waals surface area contributed by atoms with E-state index in [1.807, 2.05) is 31.2 Å². The second-order valence-electron chi connectivity index (χ2n) is 4.34. The first-order valence-corrected chi connectivity index (χ1v) is 7.13. The minimum Gasteiger partial charge on any atom is -0.494 e. The van der Waals surface area contributed by atoms with Gasteiger partial charge in [0, 0.05) is 10.7 Å². The van der Waals surface area contributed by atoms with Crippen LogP contribution < -0.4 is 15.5 Å². The van der Waals surface area contributed by atoms with Gasteiger partial charge < -0.3 is 10.1 Å². The molecule has 2 aromatic rings. The molecule has 0 saturated carbocycles. The lowest BCUT2D eigenvalue weighted by Crippen LogP contribution is -2.24. The summed E-state index contributed by atoms with van der Waals surface area (Å²) in [6, 6.07) is 13.8. The molecular formula is C16H16ClN3O2. The molecule has 5 nitrogen and oxygen atoms in total. The highest BCUT2D eigenvalue weighted by Crippen LogP contribution is 2.13. The molecule has 0 unspecified atom stereocenters. The number of halogens is 1. The number of hydrogen-bond donors (Lipinski definition) is 2. The fourth-order valence-corrected chi connectivity index (χ4v) is 1.83. The van der Waals surface area contributed by atoms with Gasteiger partial charge in [-0.3, -0.25) is 0 Å². The van der Waals surface area contributed by atoms with E-state index < -0.39 is 6.03 Å². The van der Waals surface area contributed by atoms with E-state index in [0.717, 1.165) is 11.3 Å². The summed E-state index contributed by atoms with van der Waals surface area (Å²) in [4.78, 5) is 11.7. The Morgan fingerprint density at radius 2 is 2.05 bits per heavy atom. The van der Waals surface area contributed by atoms with Crippen molar-refractivity contribution in [1.82, 2.24) is 5.43 Å². The summed E-state index contributed by atoms with van der Waals surface area (Å²) in [5.41, 5.74) is 3.86. The molecule has 0 atom stereocenters. The topological polar surface area (TPSA) is 62.7 Å². The first kappa shape index (κ1) is 15.9. The van der Waals surface area contributed by atoms with Crippen molar-refractivity contribution in [2.75, 3.05) is 11.9 Å². The normalized spacial score (nSPS) is 10.5. The molecule has 0 heterocycles. The Balaban J connectivity index is 1.87. The Labute approximate surface area is 133 Å². The SMILES string of the molecule is CCOc1cccc(/C=N\NC(=O)Nc2ccc(Cl)cc2)c1. The zero-order valence-electron chi connectivity index (χ0n) is 12.0. The molecule has 114 valence electrons. The monoisotopic (exact) mass is 317 g/mol. The van der Waals surface area contributed by atoms with Gasteiger partial charge in [0.15, 0.2) is 0 Å². The van der Waals surface area contributed by atoms with Crippen molar-refractivity contribution < 1.29 is 9.53 Å². The molecule has 0 saturated heterocycles. The zero-order valence-corrected chi connectivity index (χ0v) is 12.8. The van der Waals surface area contributed by atoms with Crippen LogP contribution in [0.4, 0.5) is 10.5 Å². The third-order valence-corrected chi connectivity index (χ3v) is 2.90. The van der Waals surface area contributed by atoms with Gasteiger partial charge in [0.05, 0.1) is 12.8 Å². The maximum absolute atomic E-state index is 11.7. The minimum absolute atomic E-state index is 0.431. The molecule has 0 bridgehead atoms. The van der Waals surface area contributed by atoms with Crippen LogP contribution in [-0.4, -0.2) is 18.9 Å². The Bertz CT molecular complexity index is 657. The van der Waals surface area contributed by atoms with Crippen LogP contribution >= 0.6 is 11.6 Å². The summed E-state index contributed by atoms with van der Waals surface area (Å²) in [6.07, 6.45) is 1.55. The highest BCUT2D eigenvalue weighted by Gasteiger charge is 1.99. The third-order valence-electron chi connectivity index (χ3n) is 2.65. The van der Waals surface area contributed by atoms with E-state index in [-0.39, 0.29) is 0 Å². The summed E-state index contributed by atoms with van der Waals surface area (Å²) in [7, 11) is 0. The van der Waals surface area contributed by atoms with Gasteiger partial charge in [0.25, 0.3) is 0 Å². The fraction of sp³-hybridized carbons (Fsp3) is 0.125. The first-order chi connectivity index (χ1) is 10.7. The van der Waals surface area contributed by atoms with Crippen LogP contribution in [0, 0.1) is 0 Å². The van der Waals surface area contributed by atoms with E-state index >= 15 is 0 Å². The van der Waals surface area contributed by atoms with Crippen LogP contribution in [0.2, 0.25) is 5.02 Å². The van der Waals surface area contributed by atoms with E-state index in [9.17, 15) is 4.79 Å². The Morgan fingerprint density at radius 1 is 1.27 bits per heavy atom. The highest BCUT2D eigenvalue weighted by atomic mass is 35.5. The number of ether oxygens (including phenoxy) is 1. The quantitative estimate of drug-likeness (QED) is 0.649. The van der Waals surface area contributed by atoms with E-state index in [1.54, 1.807) is 30.5 Å². The average molecular weight is 318 g/mol. The molecule has 0 fully saturated rings. The number of hydrogen-bond acceptors (Lipinski definition) is 3. The maximum Gasteiger partial charge on any atom is 0.339 e. The van der Waals surface area contributed by atoms with Crippen molar-refractivity contribution in [1.29, 1.82) is 0 Å². The highest BCUT2D eigenvalue weighted by molar-refractivity contribution is 6.30. The third kappa shape index (κ3) is 5.10. The molecule has 0 spiro atoms. The van der Waals surface area contributed by atoms with Crippen LogP contribution in [0.3, 0.4) is 0 Å². The number of nitrogens with one attached hydrogen (secondary N) is 2. The number of rotatable bonds is 5. The second kappa shape index (κ2) is 8.05. The number of nitrogens with zero attached hydrogens (tertiary/aromatic N) is 1. The molecule has 2 N–H and O–H groups in total. The largest absolute Gasteiger partial charge is 0.494 e. The molecule has 0 radical (unpaired) electrons. The predicted molar refractivity (Wildman–Crippen MR) is 88.8 cm³/mol. The van der Waals surface area contributed by atoms with Gasteiger partial charge in [-0.15, -0.1) is 0 Å². The van der Waals surface area contributed by atoms with Gasteiger partial charge in [-0.05, 0) is 48.9 Å². The maximum atomic E-state index is 11.7. The predicted octanol–water partition coefficient (Wildman–Crippen LogP) is 3.89. The van der Waals surface area contributed by atoms with Crippen molar-refractivity contribution in [2.45, 2.75) is 6.92 Å². The number of benzene rings is 2. The standard InChI is InChI=1S/C16H16ClN3O2/c1-2-22-15-5-3-4-12(10-15)11-18-20-16(21)19-14-8-6-13(17)7-9-14/h3-11H,2H2,1H3,(H2,19,20,21)/b18-11-. The van der Waals surface area contributed by atoms with Crippen molar-refractivity contribution in [3.63, 3.8) is 0 Å². The number of carbonyl (C=O) groups excluding carboxylic acids is 1. The summed E-state index contributed by atoms with van der Waals surface area (Å²) in [5.74, 6) is 0.761. The van der Waals surface area contributed by atoms with Crippen LogP contribution in [0.1, 0.15) is 12.5 Å². The van der Waals surface area contributed by atoms with Gasteiger partial charge in [-0.1, -0.05) is 23.7 Å². The van der Waals surface area contributed by atoms with Gasteiger partial charge in [0.2, 0.25) is 0 Å². The van der Waals surface area contributed by atoms with E-state index in [4.69, 9.17) is 16.3 Å². The van der Waals surface area contributed by atoms with E-state index in [1.165, 1.54) is 0 Å². The van der Waals surface area contributed by atoms with Crippen molar-refractivity contribution in [3.8, 4) is 5.75 Å². The Hall–Kier alpha value is -2.53. The number of hydrazone groups is 1. The van der Waals surface area contributed by atoms with Crippen molar-refractivity contribution in [3.05, 3.63) is 59.1 Å². The molecule has 0 aromatic heterocycles. The lowest BCUT2D eigenvalue weighted by Gasteiger charge is -2.04. The first-order valence-electron chi connectivity index (χ1n) is 6.76. The molecular weight excluding hydrogens is 302 g/mol. The second-order valence-corrected chi connectivity index (χ2v) is 4.77. The van der Waals surface area contributed by atoms with E-state index in [0.29, 0.717) is 17.3 Å². The Morgan fingerprint density at radius 3 is 2.77 bits per heavy atom. The summed E-state index contributed by atoms with van der Waals surface area (Å²) in [5, 5.41) is 7.14. The number of carbonyl (C=O) groups is 1. The van der Waals surface area contributed by atoms with Crippen LogP contribution in [0.5, 0.6) is 5.75 Å². The minimum atomic E-state index is -0.431. The smallest absolute Gasteiger partial charge is 0.339 e. The van der Waals surface area contributed by atoms with Crippen molar-refractivity contribution >= 4 is 29.5 Å². The number of amides is 2.